The van der Waals surface area contributed by atoms with Gasteiger partial charge in [0.2, 0.25) is 15.9 Å². The standard InChI is InChI=1S/C13H16N2O4S/c1-10-5-6-12(11(8-10)4-3-7-16)20(18,19)15-9-13(17)14-2/h5-6,8,15-16H,7,9H2,1-2H3,(H,14,17). The summed E-state index contributed by atoms with van der Waals surface area (Å²) in [7, 11) is -2.42. The highest BCUT2D eigenvalue weighted by Gasteiger charge is 2.18. The van der Waals surface area contributed by atoms with Crippen LogP contribution in [0.3, 0.4) is 0 Å². The zero-order valence-electron chi connectivity index (χ0n) is 11.2. The number of rotatable bonds is 4. The van der Waals surface area contributed by atoms with E-state index in [0.717, 1.165) is 5.56 Å². The third kappa shape index (κ3) is 4.35. The molecule has 0 fully saturated rings. The predicted molar refractivity (Wildman–Crippen MR) is 74.4 cm³/mol. The van der Waals surface area contributed by atoms with Crippen LogP contribution in [0, 0.1) is 18.8 Å². The quantitative estimate of drug-likeness (QED) is 0.644. The van der Waals surface area contributed by atoms with Crippen LogP contribution in [0.25, 0.3) is 0 Å². The van der Waals surface area contributed by atoms with Crippen molar-refractivity contribution in [3.63, 3.8) is 0 Å². The van der Waals surface area contributed by atoms with Gasteiger partial charge in [-0.15, -0.1) is 0 Å². The third-order valence-corrected chi connectivity index (χ3v) is 3.89. The highest BCUT2D eigenvalue weighted by molar-refractivity contribution is 7.89. The van der Waals surface area contributed by atoms with Crippen molar-refractivity contribution in [2.45, 2.75) is 11.8 Å². The number of carbonyl (C=O) groups excluding carboxylic acids is 1. The maximum atomic E-state index is 12.1. The van der Waals surface area contributed by atoms with E-state index in [9.17, 15) is 13.2 Å². The Hall–Kier alpha value is -1.88. The van der Waals surface area contributed by atoms with Crippen LogP contribution >= 0.6 is 0 Å². The van der Waals surface area contributed by atoms with E-state index < -0.39 is 15.9 Å². The molecule has 0 heterocycles. The number of nitrogens with one attached hydrogen (secondary N) is 2. The van der Waals surface area contributed by atoms with Gasteiger partial charge in [0.15, 0.2) is 0 Å². The fourth-order valence-corrected chi connectivity index (χ4v) is 2.56. The number of aliphatic hydroxyl groups is 1. The summed E-state index contributed by atoms with van der Waals surface area (Å²) < 4.78 is 26.4. The first-order chi connectivity index (χ1) is 9.40. The Kier molecular flexibility index (Phi) is 5.70. The second-order valence-corrected chi connectivity index (χ2v) is 5.69. The molecule has 0 saturated heterocycles. The molecule has 0 aliphatic carbocycles. The molecule has 1 rings (SSSR count). The van der Waals surface area contributed by atoms with Gasteiger partial charge in [-0.2, -0.15) is 0 Å². The summed E-state index contributed by atoms with van der Waals surface area (Å²) >= 11 is 0. The van der Waals surface area contributed by atoms with Crippen LogP contribution in [0.5, 0.6) is 0 Å². The fourth-order valence-electron chi connectivity index (χ4n) is 1.44. The first-order valence-corrected chi connectivity index (χ1v) is 7.29. The zero-order chi connectivity index (χ0) is 15.2. The first-order valence-electron chi connectivity index (χ1n) is 5.81. The molecule has 3 N–H and O–H groups in total. The summed E-state index contributed by atoms with van der Waals surface area (Å²) in [4.78, 5) is 11.1. The minimum absolute atomic E-state index is 0.0204. The van der Waals surface area contributed by atoms with Gasteiger partial charge in [-0.25, -0.2) is 13.1 Å². The molecular weight excluding hydrogens is 280 g/mol. The molecule has 0 unspecified atom stereocenters. The van der Waals surface area contributed by atoms with Gasteiger partial charge in [0.25, 0.3) is 0 Å². The van der Waals surface area contributed by atoms with E-state index in [1.54, 1.807) is 19.1 Å². The van der Waals surface area contributed by atoms with Crippen molar-refractivity contribution in [1.82, 2.24) is 10.0 Å². The van der Waals surface area contributed by atoms with Crippen LogP contribution < -0.4 is 10.0 Å². The maximum absolute atomic E-state index is 12.1. The lowest BCUT2D eigenvalue weighted by Crippen LogP contribution is -2.35. The van der Waals surface area contributed by atoms with Crippen molar-refractivity contribution in [2.24, 2.45) is 0 Å². The monoisotopic (exact) mass is 296 g/mol. The third-order valence-electron chi connectivity index (χ3n) is 2.43. The predicted octanol–water partition coefficient (Wildman–Crippen LogP) is -0.637. The Labute approximate surface area is 118 Å². The molecule has 0 saturated carbocycles. The van der Waals surface area contributed by atoms with E-state index in [-0.39, 0.29) is 23.6 Å². The van der Waals surface area contributed by atoms with Gasteiger partial charge < -0.3 is 10.4 Å². The van der Waals surface area contributed by atoms with Crippen molar-refractivity contribution < 1.29 is 18.3 Å². The summed E-state index contributed by atoms with van der Waals surface area (Å²) in [6.07, 6.45) is 0. The minimum atomic E-state index is -3.84. The number of aliphatic hydroxyl groups excluding tert-OH is 1. The van der Waals surface area contributed by atoms with Gasteiger partial charge in [0.05, 0.1) is 11.4 Å². The Morgan fingerprint density at radius 2 is 2.10 bits per heavy atom. The lowest BCUT2D eigenvalue weighted by molar-refractivity contribution is -0.119. The number of amides is 1. The maximum Gasteiger partial charge on any atom is 0.242 e. The minimum Gasteiger partial charge on any atom is -0.384 e. The lowest BCUT2D eigenvalue weighted by atomic mass is 10.1. The number of benzene rings is 1. The molecule has 6 nitrogen and oxygen atoms in total. The van der Waals surface area contributed by atoms with Gasteiger partial charge in [0, 0.05) is 12.6 Å². The van der Waals surface area contributed by atoms with Gasteiger partial charge >= 0.3 is 0 Å². The van der Waals surface area contributed by atoms with Crippen LogP contribution in [0.2, 0.25) is 0 Å². The van der Waals surface area contributed by atoms with Crippen molar-refractivity contribution in [1.29, 1.82) is 0 Å². The van der Waals surface area contributed by atoms with E-state index in [2.05, 4.69) is 21.9 Å². The van der Waals surface area contributed by atoms with Crippen molar-refractivity contribution in [3.8, 4) is 11.8 Å². The normalized spacial score (nSPS) is 10.6. The topological polar surface area (TPSA) is 95.5 Å². The lowest BCUT2D eigenvalue weighted by Gasteiger charge is -2.08. The molecule has 0 radical (unpaired) electrons. The molecule has 0 aliphatic rings. The zero-order valence-corrected chi connectivity index (χ0v) is 12.0. The second kappa shape index (κ2) is 7.05. The van der Waals surface area contributed by atoms with Crippen molar-refractivity contribution >= 4 is 15.9 Å². The van der Waals surface area contributed by atoms with Crippen molar-refractivity contribution in [3.05, 3.63) is 29.3 Å². The van der Waals surface area contributed by atoms with E-state index in [0.29, 0.717) is 0 Å². The molecule has 0 atom stereocenters. The van der Waals surface area contributed by atoms with Crippen LogP contribution in [0.4, 0.5) is 0 Å². The van der Waals surface area contributed by atoms with Gasteiger partial charge in [-0.05, 0) is 24.6 Å². The fraction of sp³-hybridized carbons (Fsp3) is 0.308. The first kappa shape index (κ1) is 16.2. The summed E-state index contributed by atoms with van der Waals surface area (Å²) in [5.41, 5.74) is 1.13. The average Bonchev–Trinajstić information content (AvgIpc) is 2.42. The van der Waals surface area contributed by atoms with Crippen LogP contribution in [0.1, 0.15) is 11.1 Å². The van der Waals surface area contributed by atoms with Crippen LogP contribution in [-0.2, 0) is 14.8 Å². The Morgan fingerprint density at radius 1 is 1.40 bits per heavy atom. The molecule has 0 bridgehead atoms. The van der Waals surface area contributed by atoms with Crippen LogP contribution in [0.15, 0.2) is 23.1 Å². The molecule has 1 aromatic carbocycles. The summed E-state index contributed by atoms with van der Waals surface area (Å²) in [6.45, 7) is 1.09. The highest BCUT2D eigenvalue weighted by atomic mass is 32.2. The van der Waals surface area contributed by atoms with Gasteiger partial charge in [-0.3, -0.25) is 4.79 Å². The molecular formula is C13H16N2O4S. The Morgan fingerprint density at radius 3 is 2.70 bits per heavy atom. The van der Waals surface area contributed by atoms with E-state index in [1.165, 1.54) is 13.1 Å². The van der Waals surface area contributed by atoms with Crippen LogP contribution in [-0.4, -0.2) is 39.6 Å². The van der Waals surface area contributed by atoms with E-state index >= 15 is 0 Å². The number of hydrogen-bond donors (Lipinski definition) is 3. The highest BCUT2D eigenvalue weighted by Crippen LogP contribution is 2.16. The molecule has 108 valence electrons. The molecule has 0 aliphatic heterocycles. The molecule has 0 aromatic heterocycles. The Bertz CT molecular complexity index is 657. The summed E-state index contributed by atoms with van der Waals surface area (Å²) in [5, 5.41) is 11.0. The van der Waals surface area contributed by atoms with Crippen molar-refractivity contribution in [2.75, 3.05) is 20.2 Å². The van der Waals surface area contributed by atoms with Gasteiger partial charge in [0.1, 0.15) is 6.61 Å². The molecule has 20 heavy (non-hydrogen) atoms. The number of carbonyl (C=O) groups is 1. The summed E-state index contributed by atoms with van der Waals surface area (Å²) in [5.74, 6) is 4.57. The Balaban J connectivity index is 3.14. The van der Waals surface area contributed by atoms with E-state index in [1.807, 2.05) is 0 Å². The molecule has 7 heteroatoms. The SMILES string of the molecule is CNC(=O)CNS(=O)(=O)c1ccc(C)cc1C#CCO. The van der Waals surface area contributed by atoms with E-state index in [4.69, 9.17) is 5.11 Å². The molecule has 1 amide bonds. The molecule has 1 aromatic rings. The number of hydrogen-bond acceptors (Lipinski definition) is 4. The second-order valence-electron chi connectivity index (χ2n) is 3.96. The number of likely N-dealkylation sites (N-methyl/N-ethyl adjacent to an activating group) is 1. The average molecular weight is 296 g/mol. The number of sulfonamides is 1. The number of aryl methyl sites for hydroxylation is 1. The smallest absolute Gasteiger partial charge is 0.242 e. The van der Waals surface area contributed by atoms with Gasteiger partial charge in [-0.1, -0.05) is 17.9 Å². The molecule has 0 spiro atoms. The largest absolute Gasteiger partial charge is 0.384 e. The summed E-state index contributed by atoms with van der Waals surface area (Å²) in [6, 6.07) is 4.67.